The number of pyridine rings is 1. The summed E-state index contributed by atoms with van der Waals surface area (Å²) in [6.07, 6.45) is 6.27. The first-order valence-electron chi connectivity index (χ1n) is 7.04. The van der Waals surface area contributed by atoms with Gasteiger partial charge in [-0.05, 0) is 25.0 Å². The minimum Gasteiger partial charge on any atom is -0.307 e. The lowest BCUT2D eigenvalue weighted by molar-refractivity contribution is 0.476. The van der Waals surface area contributed by atoms with E-state index in [0.717, 1.165) is 12.8 Å². The van der Waals surface area contributed by atoms with Gasteiger partial charge in [-0.3, -0.25) is 4.79 Å². The molecule has 0 aliphatic carbocycles. The molecule has 0 radical (unpaired) electrons. The summed E-state index contributed by atoms with van der Waals surface area (Å²) in [6, 6.07) is 4.31. The SMILES string of the molecule is O=c1ccc(S(=O)(=O)N2CCCC2)cn1Cc1ncccn1. The van der Waals surface area contributed by atoms with Gasteiger partial charge in [-0.25, -0.2) is 18.4 Å². The highest BCUT2D eigenvalue weighted by Gasteiger charge is 2.27. The lowest BCUT2D eigenvalue weighted by atomic mass is 10.4. The predicted octanol–water partition coefficient (Wildman–Crippen LogP) is 0.471. The second kappa shape index (κ2) is 5.98. The van der Waals surface area contributed by atoms with Gasteiger partial charge >= 0.3 is 0 Å². The quantitative estimate of drug-likeness (QED) is 0.817. The Morgan fingerprint density at radius 1 is 1.09 bits per heavy atom. The van der Waals surface area contributed by atoms with E-state index in [1.807, 2.05) is 0 Å². The van der Waals surface area contributed by atoms with Crippen LogP contribution in [0.1, 0.15) is 18.7 Å². The van der Waals surface area contributed by atoms with Crippen LogP contribution in [-0.2, 0) is 16.6 Å². The van der Waals surface area contributed by atoms with Crippen LogP contribution in [-0.4, -0.2) is 40.3 Å². The fourth-order valence-corrected chi connectivity index (χ4v) is 3.96. The molecule has 0 unspecified atom stereocenters. The summed E-state index contributed by atoms with van der Waals surface area (Å²) in [5.41, 5.74) is -0.284. The van der Waals surface area contributed by atoms with Gasteiger partial charge in [0.1, 0.15) is 5.82 Å². The second-order valence-electron chi connectivity index (χ2n) is 5.11. The van der Waals surface area contributed by atoms with Gasteiger partial charge in [0.15, 0.2) is 0 Å². The van der Waals surface area contributed by atoms with Gasteiger partial charge < -0.3 is 4.57 Å². The lowest BCUT2D eigenvalue weighted by Crippen LogP contribution is -2.30. The minimum atomic E-state index is -3.54. The number of nitrogens with zero attached hydrogens (tertiary/aromatic N) is 4. The molecule has 2 aromatic heterocycles. The van der Waals surface area contributed by atoms with Gasteiger partial charge in [-0.1, -0.05) is 0 Å². The van der Waals surface area contributed by atoms with E-state index >= 15 is 0 Å². The maximum atomic E-state index is 12.5. The van der Waals surface area contributed by atoms with Crippen LogP contribution in [0, 0.1) is 0 Å². The van der Waals surface area contributed by atoms with E-state index in [0.29, 0.717) is 18.9 Å². The monoisotopic (exact) mass is 320 g/mol. The van der Waals surface area contributed by atoms with Gasteiger partial charge in [0.05, 0.1) is 11.4 Å². The molecule has 1 fully saturated rings. The summed E-state index contributed by atoms with van der Waals surface area (Å²) < 4.78 is 27.8. The Morgan fingerprint density at radius 2 is 1.77 bits per heavy atom. The highest BCUT2D eigenvalue weighted by atomic mass is 32.2. The van der Waals surface area contributed by atoms with Gasteiger partial charge in [0, 0.05) is 37.7 Å². The average Bonchev–Trinajstić information content (AvgIpc) is 3.05. The third-order valence-electron chi connectivity index (χ3n) is 3.59. The summed E-state index contributed by atoms with van der Waals surface area (Å²) in [5.74, 6) is 0.459. The van der Waals surface area contributed by atoms with Crippen molar-refractivity contribution in [3.63, 3.8) is 0 Å². The van der Waals surface area contributed by atoms with E-state index in [4.69, 9.17) is 0 Å². The van der Waals surface area contributed by atoms with E-state index < -0.39 is 10.0 Å². The Hall–Kier alpha value is -2.06. The largest absolute Gasteiger partial charge is 0.307 e. The van der Waals surface area contributed by atoms with Gasteiger partial charge in [0.2, 0.25) is 10.0 Å². The lowest BCUT2D eigenvalue weighted by Gasteiger charge is -2.16. The van der Waals surface area contributed by atoms with E-state index in [-0.39, 0.29) is 17.0 Å². The zero-order valence-corrected chi connectivity index (χ0v) is 12.7. The van der Waals surface area contributed by atoms with Gasteiger partial charge in [-0.15, -0.1) is 0 Å². The standard InChI is InChI=1S/C14H16N4O3S/c19-14-5-4-12(22(20,21)18-8-1-2-9-18)10-17(14)11-13-15-6-3-7-16-13/h3-7,10H,1-2,8-9,11H2. The number of rotatable bonds is 4. The highest BCUT2D eigenvalue weighted by Crippen LogP contribution is 2.19. The van der Waals surface area contributed by atoms with E-state index in [1.165, 1.54) is 27.2 Å². The maximum absolute atomic E-state index is 12.5. The van der Waals surface area contributed by atoms with E-state index in [1.54, 1.807) is 18.5 Å². The third-order valence-corrected chi connectivity index (χ3v) is 5.47. The molecule has 2 aromatic rings. The van der Waals surface area contributed by atoms with Crippen LogP contribution in [0.25, 0.3) is 0 Å². The van der Waals surface area contributed by atoms with Crippen LogP contribution in [0.2, 0.25) is 0 Å². The molecule has 116 valence electrons. The Morgan fingerprint density at radius 3 is 2.45 bits per heavy atom. The number of hydrogen-bond donors (Lipinski definition) is 0. The summed E-state index contributed by atoms with van der Waals surface area (Å²) in [4.78, 5) is 20.2. The summed E-state index contributed by atoms with van der Waals surface area (Å²) in [6.45, 7) is 1.20. The molecule has 1 saturated heterocycles. The molecule has 3 rings (SSSR count). The van der Waals surface area contributed by atoms with Crippen molar-refractivity contribution in [2.75, 3.05) is 13.1 Å². The molecule has 0 spiro atoms. The molecule has 3 heterocycles. The predicted molar refractivity (Wildman–Crippen MR) is 79.8 cm³/mol. The molecule has 7 nitrogen and oxygen atoms in total. The Kier molecular flexibility index (Phi) is 4.04. The van der Waals surface area contributed by atoms with Gasteiger partial charge in [0.25, 0.3) is 5.56 Å². The first-order valence-corrected chi connectivity index (χ1v) is 8.48. The van der Waals surface area contributed by atoms with Crippen molar-refractivity contribution in [1.82, 2.24) is 18.8 Å². The first kappa shape index (κ1) is 14.9. The van der Waals surface area contributed by atoms with Crippen molar-refractivity contribution in [2.45, 2.75) is 24.3 Å². The summed E-state index contributed by atoms with van der Waals surface area (Å²) >= 11 is 0. The molecule has 1 aliphatic heterocycles. The van der Waals surface area contributed by atoms with Crippen LogP contribution in [0.15, 0.2) is 46.5 Å². The van der Waals surface area contributed by atoms with E-state index in [2.05, 4.69) is 9.97 Å². The van der Waals surface area contributed by atoms with Crippen LogP contribution in [0.4, 0.5) is 0 Å². The Bertz CT molecular complexity index is 811. The average molecular weight is 320 g/mol. The van der Waals surface area contributed by atoms with Crippen LogP contribution in [0.5, 0.6) is 0 Å². The highest BCUT2D eigenvalue weighted by molar-refractivity contribution is 7.89. The van der Waals surface area contributed by atoms with Crippen molar-refractivity contribution in [3.8, 4) is 0 Å². The smallest absolute Gasteiger partial charge is 0.251 e. The van der Waals surface area contributed by atoms with Crippen molar-refractivity contribution in [1.29, 1.82) is 0 Å². The second-order valence-corrected chi connectivity index (χ2v) is 7.05. The third kappa shape index (κ3) is 2.93. The topological polar surface area (TPSA) is 85.2 Å². The van der Waals surface area contributed by atoms with Crippen molar-refractivity contribution in [3.05, 3.63) is 53.0 Å². The van der Waals surface area contributed by atoms with Crippen molar-refractivity contribution >= 4 is 10.0 Å². The molecule has 0 N–H and O–H groups in total. The molecule has 0 saturated carbocycles. The molecule has 8 heteroatoms. The molecule has 22 heavy (non-hydrogen) atoms. The molecule has 0 amide bonds. The molecule has 0 aromatic carbocycles. The number of aromatic nitrogens is 3. The zero-order chi connectivity index (χ0) is 15.6. The van der Waals surface area contributed by atoms with Crippen LogP contribution >= 0.6 is 0 Å². The first-order chi connectivity index (χ1) is 10.6. The van der Waals surface area contributed by atoms with Gasteiger partial charge in [-0.2, -0.15) is 4.31 Å². The number of sulfonamides is 1. The normalized spacial score (nSPS) is 16.0. The number of hydrogen-bond acceptors (Lipinski definition) is 5. The molecular weight excluding hydrogens is 304 g/mol. The maximum Gasteiger partial charge on any atom is 0.251 e. The Labute approximate surface area is 128 Å². The molecular formula is C14H16N4O3S. The minimum absolute atomic E-state index is 0.130. The molecule has 0 atom stereocenters. The van der Waals surface area contributed by atoms with E-state index in [9.17, 15) is 13.2 Å². The van der Waals surface area contributed by atoms with Crippen LogP contribution < -0.4 is 5.56 Å². The summed E-state index contributed by atoms with van der Waals surface area (Å²) in [7, 11) is -3.54. The fraction of sp³-hybridized carbons (Fsp3) is 0.357. The van der Waals surface area contributed by atoms with Crippen molar-refractivity contribution < 1.29 is 8.42 Å². The summed E-state index contributed by atoms with van der Waals surface area (Å²) in [5, 5.41) is 0. The van der Waals surface area contributed by atoms with Crippen molar-refractivity contribution in [2.24, 2.45) is 0 Å². The molecule has 0 bridgehead atoms. The zero-order valence-electron chi connectivity index (χ0n) is 11.9. The molecule has 1 aliphatic rings. The fourth-order valence-electron chi connectivity index (χ4n) is 2.43. The Balaban J connectivity index is 1.94. The van der Waals surface area contributed by atoms with Crippen LogP contribution in [0.3, 0.4) is 0 Å².